The lowest BCUT2D eigenvalue weighted by atomic mass is 9.97. The van der Waals surface area contributed by atoms with Crippen molar-refractivity contribution in [3.63, 3.8) is 0 Å². The number of piperidine rings is 1. The highest BCUT2D eigenvalue weighted by atomic mass is 32.1. The van der Waals surface area contributed by atoms with Gasteiger partial charge in [0.1, 0.15) is 5.75 Å². The second kappa shape index (κ2) is 9.83. The Kier molecular flexibility index (Phi) is 6.92. The molecule has 166 valence electrons. The van der Waals surface area contributed by atoms with Crippen molar-refractivity contribution in [2.24, 2.45) is 11.8 Å². The molecule has 1 aromatic heterocycles. The van der Waals surface area contributed by atoms with Crippen LogP contribution in [0.15, 0.2) is 35.7 Å². The zero-order valence-electron chi connectivity index (χ0n) is 18.3. The van der Waals surface area contributed by atoms with Crippen molar-refractivity contribution in [1.29, 1.82) is 0 Å². The molecule has 3 heterocycles. The summed E-state index contributed by atoms with van der Waals surface area (Å²) in [5.41, 5.74) is 1.81. The minimum absolute atomic E-state index is 0.0159. The van der Waals surface area contributed by atoms with Crippen molar-refractivity contribution in [2.75, 3.05) is 38.2 Å². The van der Waals surface area contributed by atoms with E-state index >= 15 is 0 Å². The minimum Gasteiger partial charge on any atom is -0.495 e. The van der Waals surface area contributed by atoms with Gasteiger partial charge in [-0.25, -0.2) is 0 Å². The van der Waals surface area contributed by atoms with Crippen LogP contribution in [0.1, 0.15) is 29.7 Å². The van der Waals surface area contributed by atoms with Gasteiger partial charge in [-0.2, -0.15) is 0 Å². The maximum atomic E-state index is 12.8. The normalized spacial score (nSPS) is 22.0. The van der Waals surface area contributed by atoms with Gasteiger partial charge in [-0.05, 0) is 61.4 Å². The van der Waals surface area contributed by atoms with Crippen LogP contribution in [-0.4, -0.2) is 50.0 Å². The summed E-state index contributed by atoms with van der Waals surface area (Å²) in [6, 6.07) is 10.1. The lowest BCUT2D eigenvalue weighted by Crippen LogP contribution is -2.42. The second-order valence-corrected chi connectivity index (χ2v) is 9.68. The number of benzene rings is 1. The number of hydrogen-bond donors (Lipinski definition) is 1. The van der Waals surface area contributed by atoms with Crippen LogP contribution in [0.25, 0.3) is 0 Å². The lowest BCUT2D eigenvalue weighted by molar-refractivity contribution is -0.126. The van der Waals surface area contributed by atoms with Gasteiger partial charge in [0.05, 0.1) is 18.7 Å². The molecule has 0 bridgehead atoms. The zero-order chi connectivity index (χ0) is 21.8. The monoisotopic (exact) mass is 441 g/mol. The first-order chi connectivity index (χ1) is 15.0. The molecule has 0 saturated carbocycles. The average Bonchev–Trinajstić information content (AvgIpc) is 3.42. The second-order valence-electron chi connectivity index (χ2n) is 8.65. The summed E-state index contributed by atoms with van der Waals surface area (Å²) in [6.45, 7) is 6.19. The van der Waals surface area contributed by atoms with Gasteiger partial charge < -0.3 is 15.0 Å². The summed E-state index contributed by atoms with van der Waals surface area (Å²) in [4.78, 5) is 31.1. The molecule has 2 aliphatic rings. The maximum Gasteiger partial charge on any atom is 0.227 e. The molecular weight excluding hydrogens is 410 g/mol. The Morgan fingerprint density at radius 2 is 2.16 bits per heavy atom. The Bertz CT molecular complexity index is 915. The van der Waals surface area contributed by atoms with Gasteiger partial charge in [0.15, 0.2) is 0 Å². The fourth-order valence-corrected chi connectivity index (χ4v) is 5.35. The molecule has 2 unspecified atom stereocenters. The molecule has 0 spiro atoms. The molecule has 6 nitrogen and oxygen atoms in total. The first-order valence-corrected chi connectivity index (χ1v) is 11.9. The van der Waals surface area contributed by atoms with Crippen LogP contribution in [0.4, 0.5) is 5.69 Å². The molecule has 2 fully saturated rings. The van der Waals surface area contributed by atoms with Gasteiger partial charge in [-0.1, -0.05) is 12.1 Å². The van der Waals surface area contributed by atoms with E-state index in [0.29, 0.717) is 24.8 Å². The lowest BCUT2D eigenvalue weighted by Gasteiger charge is -2.32. The maximum absolute atomic E-state index is 12.8. The highest BCUT2D eigenvalue weighted by molar-refractivity contribution is 7.09. The van der Waals surface area contributed by atoms with Crippen LogP contribution in [0, 0.1) is 18.8 Å². The van der Waals surface area contributed by atoms with Crippen LogP contribution in [-0.2, 0) is 16.1 Å². The molecule has 2 saturated heterocycles. The average molecular weight is 442 g/mol. The number of nitrogens with one attached hydrogen (secondary N) is 1. The molecule has 1 aromatic carbocycles. The topological polar surface area (TPSA) is 61.9 Å². The van der Waals surface area contributed by atoms with Crippen LogP contribution in [0.2, 0.25) is 0 Å². The third kappa shape index (κ3) is 5.28. The van der Waals surface area contributed by atoms with Gasteiger partial charge in [0.2, 0.25) is 11.8 Å². The number of rotatable bonds is 7. The van der Waals surface area contributed by atoms with Crippen molar-refractivity contribution in [3.05, 3.63) is 46.2 Å². The van der Waals surface area contributed by atoms with E-state index in [4.69, 9.17) is 4.74 Å². The van der Waals surface area contributed by atoms with E-state index in [1.807, 2.05) is 25.1 Å². The van der Waals surface area contributed by atoms with E-state index in [1.165, 1.54) is 4.88 Å². The van der Waals surface area contributed by atoms with E-state index in [2.05, 4.69) is 27.7 Å². The zero-order valence-corrected chi connectivity index (χ0v) is 19.1. The predicted molar refractivity (Wildman–Crippen MR) is 124 cm³/mol. The van der Waals surface area contributed by atoms with Gasteiger partial charge >= 0.3 is 0 Å². The molecule has 31 heavy (non-hydrogen) atoms. The molecule has 4 rings (SSSR count). The van der Waals surface area contributed by atoms with E-state index in [-0.39, 0.29) is 24.2 Å². The van der Waals surface area contributed by atoms with Crippen molar-refractivity contribution < 1.29 is 14.3 Å². The van der Waals surface area contributed by atoms with Crippen molar-refractivity contribution >= 4 is 28.8 Å². The standard InChI is InChI=1S/C24H31N3O3S/c1-17-7-8-22(30-2)21(11-17)27-15-19(12-23(27)28)24(29)25-13-18-5-3-9-26(14-18)16-20-6-4-10-31-20/h4,6-8,10-11,18-19H,3,5,9,12-16H2,1-2H3,(H,25,29). The number of amides is 2. The van der Waals surface area contributed by atoms with Crippen molar-refractivity contribution in [2.45, 2.75) is 32.7 Å². The number of nitrogens with zero attached hydrogens (tertiary/aromatic N) is 2. The molecule has 2 amide bonds. The number of thiophene rings is 1. The van der Waals surface area contributed by atoms with E-state index in [9.17, 15) is 9.59 Å². The highest BCUT2D eigenvalue weighted by Gasteiger charge is 2.36. The van der Waals surface area contributed by atoms with Crippen LogP contribution < -0.4 is 15.0 Å². The van der Waals surface area contributed by atoms with E-state index in [0.717, 1.165) is 43.7 Å². The third-order valence-electron chi connectivity index (χ3n) is 6.25. The van der Waals surface area contributed by atoms with Gasteiger partial charge in [-0.3, -0.25) is 14.5 Å². The number of aryl methyl sites for hydroxylation is 1. The molecule has 2 atom stereocenters. The number of hydrogen-bond acceptors (Lipinski definition) is 5. The Morgan fingerprint density at radius 1 is 1.29 bits per heavy atom. The summed E-state index contributed by atoms with van der Waals surface area (Å²) >= 11 is 1.80. The highest BCUT2D eigenvalue weighted by Crippen LogP contribution is 2.34. The molecule has 2 aromatic rings. The molecule has 0 aliphatic carbocycles. The molecular formula is C24H31N3O3S. The summed E-state index contributed by atoms with van der Waals surface area (Å²) in [5.74, 6) is 0.765. The SMILES string of the molecule is COc1ccc(C)cc1N1CC(C(=O)NCC2CCCN(Cc3cccs3)C2)CC1=O. The van der Waals surface area contributed by atoms with Crippen molar-refractivity contribution in [3.8, 4) is 5.75 Å². The van der Waals surface area contributed by atoms with Crippen LogP contribution in [0.3, 0.4) is 0 Å². The molecule has 2 aliphatic heterocycles. The van der Waals surface area contributed by atoms with E-state index < -0.39 is 0 Å². The number of ether oxygens (including phenoxy) is 1. The molecule has 1 N–H and O–H groups in total. The minimum atomic E-state index is -0.316. The van der Waals surface area contributed by atoms with Gasteiger partial charge in [-0.15, -0.1) is 11.3 Å². The van der Waals surface area contributed by atoms with Gasteiger partial charge in [0.25, 0.3) is 0 Å². The smallest absolute Gasteiger partial charge is 0.227 e. The Hall–Kier alpha value is -2.38. The number of carbonyl (C=O) groups excluding carboxylic acids is 2. The fourth-order valence-electron chi connectivity index (χ4n) is 4.60. The largest absolute Gasteiger partial charge is 0.495 e. The number of methoxy groups -OCH3 is 1. The number of anilines is 1. The Morgan fingerprint density at radius 3 is 2.94 bits per heavy atom. The summed E-state index contributed by atoms with van der Waals surface area (Å²) in [5, 5.41) is 5.25. The summed E-state index contributed by atoms with van der Waals surface area (Å²) < 4.78 is 5.43. The predicted octanol–water partition coefficient (Wildman–Crippen LogP) is 3.45. The number of carbonyl (C=O) groups is 2. The fraction of sp³-hybridized carbons (Fsp3) is 0.500. The Balaban J connectivity index is 1.30. The van der Waals surface area contributed by atoms with Crippen molar-refractivity contribution in [1.82, 2.24) is 10.2 Å². The van der Waals surface area contributed by atoms with Gasteiger partial charge in [0, 0.05) is 37.5 Å². The first kappa shape index (κ1) is 21.8. The molecule has 7 heteroatoms. The molecule has 0 radical (unpaired) electrons. The quantitative estimate of drug-likeness (QED) is 0.715. The van der Waals surface area contributed by atoms with Crippen LogP contribution in [0.5, 0.6) is 5.75 Å². The first-order valence-electron chi connectivity index (χ1n) is 11.0. The Labute approximate surface area is 188 Å². The summed E-state index contributed by atoms with van der Waals surface area (Å²) in [7, 11) is 1.60. The van der Waals surface area contributed by atoms with E-state index in [1.54, 1.807) is 23.3 Å². The van der Waals surface area contributed by atoms with Crippen LogP contribution >= 0.6 is 11.3 Å². The third-order valence-corrected chi connectivity index (χ3v) is 7.11. The summed E-state index contributed by atoms with van der Waals surface area (Å²) in [6.07, 6.45) is 2.55. The number of likely N-dealkylation sites (tertiary alicyclic amines) is 1.